The molecule has 9 rings (SSSR count). The number of cyclic esters (lactones) is 1. The van der Waals surface area contributed by atoms with Crippen molar-refractivity contribution in [2.75, 3.05) is 69.6 Å². The molecule has 1 unspecified atom stereocenters. The number of para-hydroxylation sites is 1. The van der Waals surface area contributed by atoms with Gasteiger partial charge in [-0.1, -0.05) is 80.8 Å². The number of pyridine rings is 1. The first-order chi connectivity index (χ1) is 42.8. The van der Waals surface area contributed by atoms with E-state index in [1.54, 1.807) is 54.8 Å². The number of hydrogen-bond donors (Lipinski definition) is 5. The van der Waals surface area contributed by atoms with Crippen LogP contribution in [0, 0.1) is 31.5 Å². The second kappa shape index (κ2) is 31.3. The Morgan fingerprint density at radius 1 is 0.878 bits per heavy atom. The largest absolute Gasteiger partial charge is 0.489 e. The average Bonchev–Trinajstić information content (AvgIpc) is 1.49. The molecule has 0 bridgehead atoms. The van der Waals surface area contributed by atoms with Crippen molar-refractivity contribution in [3.05, 3.63) is 140 Å². The van der Waals surface area contributed by atoms with Gasteiger partial charge >= 0.3 is 6.09 Å². The summed E-state index contributed by atoms with van der Waals surface area (Å²) in [4.78, 5) is 114. The van der Waals surface area contributed by atoms with Crippen LogP contribution in [0.2, 0.25) is 0 Å². The predicted molar refractivity (Wildman–Crippen MR) is 329 cm³/mol. The number of esters is 1. The minimum absolute atomic E-state index is 0. The maximum atomic E-state index is 15.4. The second-order valence-electron chi connectivity index (χ2n) is 23.4. The molecule has 5 aliphatic rings. The van der Waals surface area contributed by atoms with Crippen LogP contribution in [0.15, 0.2) is 89.0 Å². The predicted octanol–water partition coefficient (Wildman–Crippen LogP) is 7.76. The molecular weight excluding hydrogens is 1240 g/mol. The number of fused-ring (bicyclic) bond motifs is 4. The summed E-state index contributed by atoms with van der Waals surface area (Å²) in [7, 11) is 0. The Bertz CT molecular complexity index is 3480. The number of benzene rings is 3. The van der Waals surface area contributed by atoms with E-state index in [0.717, 1.165) is 46.2 Å². The van der Waals surface area contributed by atoms with Crippen molar-refractivity contribution >= 4 is 69.8 Å². The quantitative estimate of drug-likeness (QED) is 0.0165. The number of hydrogen-bond acceptors (Lipinski definition) is 14. The molecule has 4 aromatic rings. The molecule has 3 aliphatic heterocycles. The zero-order chi connectivity index (χ0) is 63.5. The first-order valence-corrected chi connectivity index (χ1v) is 30.7. The zero-order valence-corrected chi connectivity index (χ0v) is 54.1. The summed E-state index contributed by atoms with van der Waals surface area (Å²) in [5.74, 6) is -2.87. The number of allylic oxidation sites excluding steroid dienone is 3. The summed E-state index contributed by atoms with van der Waals surface area (Å²) in [5, 5.41) is 14.7. The Kier molecular flexibility index (Phi) is 23.7. The Labute approximate surface area is 538 Å². The van der Waals surface area contributed by atoms with Crippen LogP contribution in [0.5, 0.6) is 0 Å². The van der Waals surface area contributed by atoms with Crippen LogP contribution in [0.1, 0.15) is 131 Å². The van der Waals surface area contributed by atoms with Gasteiger partial charge in [0.05, 0.1) is 62.9 Å². The van der Waals surface area contributed by atoms with Crippen molar-refractivity contribution in [2.24, 2.45) is 5.92 Å². The molecule has 2 aliphatic carbocycles. The minimum atomic E-state index is -0.988. The number of halogens is 1. The van der Waals surface area contributed by atoms with Gasteiger partial charge in [0.2, 0.25) is 35.5 Å². The third-order valence-electron chi connectivity index (χ3n) is 17.0. The van der Waals surface area contributed by atoms with Gasteiger partial charge in [0.25, 0.3) is 0 Å². The van der Waals surface area contributed by atoms with Crippen molar-refractivity contribution in [3.63, 3.8) is 0 Å². The maximum absolute atomic E-state index is 15.4. The van der Waals surface area contributed by atoms with Crippen molar-refractivity contribution in [2.45, 2.75) is 137 Å². The van der Waals surface area contributed by atoms with Gasteiger partial charge in [-0.2, -0.15) is 5.57 Å². The zero-order valence-electron chi connectivity index (χ0n) is 52.1. The van der Waals surface area contributed by atoms with Crippen molar-refractivity contribution in [1.82, 2.24) is 31.2 Å². The molecular formula is C67H80FMoN8O13-. The van der Waals surface area contributed by atoms with E-state index in [2.05, 4.69) is 45.7 Å². The number of alkyl carbamates (subject to hydrolysis) is 1. The Balaban J connectivity index is 0.0000105. The molecule has 5 N–H and O–H groups in total. The SMILES string of the molecule is CC[C-]1C(=O)OCC2=C1CC1c3nc4cc(F)c(C)c5c4c(c3CN1C2=O)[C@@H](NC(=O)OCc1ccc(NC(=O)[C@H](C)NC(=O)[C@@H](NC(=O)COCCOCCOCCNC(=O)CCC(=O)N(CC2=C(C)C=CCC2)c2ccccc2C)C(C)C)cc1)CC5.[Mo]. The Morgan fingerprint density at radius 2 is 1.61 bits per heavy atom. The third kappa shape index (κ3) is 16.2. The number of rotatable bonds is 27. The van der Waals surface area contributed by atoms with E-state index in [1.165, 1.54) is 24.1 Å². The van der Waals surface area contributed by atoms with Crippen LogP contribution >= 0.6 is 0 Å². The van der Waals surface area contributed by atoms with E-state index in [9.17, 15) is 38.4 Å². The van der Waals surface area contributed by atoms with E-state index in [1.807, 2.05) is 38.1 Å². The number of carbonyl (C=O) groups is 8. The molecule has 0 fully saturated rings. The minimum Gasteiger partial charge on any atom is -0.489 e. The van der Waals surface area contributed by atoms with Crippen LogP contribution in [0.4, 0.5) is 20.6 Å². The molecule has 0 spiro atoms. The Hall–Kier alpha value is -7.78. The number of amides is 7. The average molecular weight is 1320 g/mol. The fourth-order valence-corrected chi connectivity index (χ4v) is 12.1. The number of aryl methyl sites for hydroxylation is 2. The van der Waals surface area contributed by atoms with E-state index >= 15 is 4.39 Å². The van der Waals surface area contributed by atoms with Gasteiger partial charge in [-0.3, -0.25) is 38.5 Å². The van der Waals surface area contributed by atoms with Gasteiger partial charge in [0, 0.05) is 81.9 Å². The topological polar surface area (TPSA) is 262 Å². The van der Waals surface area contributed by atoms with Gasteiger partial charge in [0.1, 0.15) is 31.1 Å². The first-order valence-electron chi connectivity index (χ1n) is 30.7. The first kappa shape index (κ1) is 68.1. The van der Waals surface area contributed by atoms with Crippen molar-refractivity contribution in [1.29, 1.82) is 0 Å². The molecule has 4 heterocycles. The number of nitrogens with one attached hydrogen (secondary N) is 5. The fraction of sp³-hybridized carbons (Fsp3) is 0.463. The van der Waals surface area contributed by atoms with Crippen molar-refractivity contribution < 1.29 is 87.5 Å². The maximum Gasteiger partial charge on any atom is 0.407 e. The molecule has 7 amide bonds. The van der Waals surface area contributed by atoms with Gasteiger partial charge in [-0.05, 0) is 117 Å². The van der Waals surface area contributed by atoms with Gasteiger partial charge < -0.3 is 60.1 Å². The molecule has 21 nitrogen and oxygen atoms in total. The standard InChI is InChI=1S/C67H80FN8O13.Mo/c1-8-46-48-31-55-62-49(34-76(55)65(82)50(48)36-88-66(46)83)60-52(22-21-47-41(6)51(68)32-53(72-62)59(47)60)73-67(84)89-35-43-17-19-45(20-18-43)71-63(80)42(7)70-64(81)61(38(2)3)74-57(78)37-87-30-29-86-28-27-85-26-25-69-56(77)23-24-58(79)75(54-16-12-10-14-40(54)5)33-44-15-11-9-13-39(44)4;/h9-10,12-14,16-20,32,38,42,52,55,61H,8,11,15,21-31,33-37H2,1-7H3,(H,69,77)(H,70,81)(H,71,80)(H,73,84)(H,74,78);/q-1;/t42-,52-,55?,61-;/m0./s1. The number of ether oxygens (including phenoxy) is 5. The molecule has 4 atom stereocenters. The summed E-state index contributed by atoms with van der Waals surface area (Å²) >= 11 is 0. The van der Waals surface area contributed by atoms with Gasteiger partial charge in [-0.15, -0.1) is 5.92 Å². The second-order valence-corrected chi connectivity index (χ2v) is 23.4. The van der Waals surface area contributed by atoms with E-state index in [0.29, 0.717) is 77.3 Å². The molecule has 90 heavy (non-hydrogen) atoms. The fourth-order valence-electron chi connectivity index (χ4n) is 12.1. The molecule has 0 saturated carbocycles. The molecule has 1 aromatic heterocycles. The van der Waals surface area contributed by atoms with Gasteiger partial charge in [0.15, 0.2) is 5.91 Å². The summed E-state index contributed by atoms with van der Waals surface area (Å²) in [6, 6.07) is 12.8. The normalized spacial score (nSPS) is 17.2. The van der Waals surface area contributed by atoms with Crippen molar-refractivity contribution in [3.8, 4) is 0 Å². The molecule has 0 radical (unpaired) electrons. The van der Waals surface area contributed by atoms with Crippen LogP contribution in [0.25, 0.3) is 10.9 Å². The van der Waals surface area contributed by atoms with Crippen LogP contribution in [-0.2, 0) is 97.9 Å². The van der Waals surface area contributed by atoms with Gasteiger partial charge in [-0.25, -0.2) is 9.18 Å². The van der Waals surface area contributed by atoms with E-state index < -0.39 is 54.0 Å². The van der Waals surface area contributed by atoms with Crippen LogP contribution < -0.4 is 31.5 Å². The summed E-state index contributed by atoms with van der Waals surface area (Å²) in [5.41, 5.74) is 10.3. The van der Waals surface area contributed by atoms with Crippen LogP contribution in [-0.4, -0.2) is 129 Å². The Morgan fingerprint density at radius 3 is 2.33 bits per heavy atom. The van der Waals surface area contributed by atoms with E-state index in [4.69, 9.17) is 28.7 Å². The molecule has 480 valence electrons. The monoisotopic (exact) mass is 1320 g/mol. The van der Waals surface area contributed by atoms with Crippen LogP contribution in [0.3, 0.4) is 0 Å². The number of carbonyl (C=O) groups excluding carboxylic acids is 8. The molecule has 0 saturated heterocycles. The summed E-state index contributed by atoms with van der Waals surface area (Å²) in [6.07, 6.45) is 7.20. The summed E-state index contributed by atoms with van der Waals surface area (Å²) in [6.45, 7) is 14.1. The smallest absolute Gasteiger partial charge is 0.407 e. The molecule has 3 aromatic carbocycles. The third-order valence-corrected chi connectivity index (χ3v) is 17.0. The number of anilines is 2. The van der Waals surface area contributed by atoms with E-state index in [-0.39, 0.29) is 129 Å². The number of nitrogens with zero attached hydrogens (tertiary/aromatic N) is 3. The summed E-state index contributed by atoms with van der Waals surface area (Å²) < 4.78 is 43.1. The molecule has 23 heteroatoms. The number of aromatic nitrogens is 1.